The van der Waals surface area contributed by atoms with Crippen LogP contribution in [0.1, 0.15) is 29.0 Å². The minimum absolute atomic E-state index is 0.0542. The van der Waals surface area contributed by atoms with Crippen LogP contribution in [0.25, 0.3) is 0 Å². The largest absolute Gasteiger partial charge is 0.467 e. The van der Waals surface area contributed by atoms with E-state index < -0.39 is 11.8 Å². The number of furan rings is 1. The fraction of sp³-hybridized carbons (Fsp3) is 0.316. The first-order chi connectivity index (χ1) is 13.1. The van der Waals surface area contributed by atoms with E-state index in [1.165, 1.54) is 6.26 Å². The fourth-order valence-electron chi connectivity index (χ4n) is 2.74. The highest BCUT2D eigenvalue weighted by molar-refractivity contribution is 6.40. The lowest BCUT2D eigenvalue weighted by Gasteiger charge is -2.12. The van der Waals surface area contributed by atoms with E-state index in [0.717, 1.165) is 12.8 Å². The summed E-state index contributed by atoms with van der Waals surface area (Å²) in [7, 11) is 0. The number of anilines is 1. The maximum Gasteiger partial charge on any atom is 0.313 e. The zero-order valence-electron chi connectivity index (χ0n) is 14.7. The second kappa shape index (κ2) is 9.00. The predicted molar refractivity (Wildman–Crippen MR) is 96.9 cm³/mol. The van der Waals surface area contributed by atoms with Gasteiger partial charge in [0.2, 0.25) is 0 Å². The zero-order valence-corrected chi connectivity index (χ0v) is 14.7. The van der Waals surface area contributed by atoms with Crippen molar-refractivity contribution in [3.05, 3.63) is 54.0 Å². The average molecular weight is 371 g/mol. The molecule has 0 bridgehead atoms. The minimum atomic E-state index is -0.834. The van der Waals surface area contributed by atoms with Gasteiger partial charge in [0.05, 0.1) is 30.2 Å². The summed E-state index contributed by atoms with van der Waals surface area (Å²) in [6.45, 7) is 1.18. The molecule has 3 amide bonds. The van der Waals surface area contributed by atoms with Crippen molar-refractivity contribution in [2.75, 3.05) is 18.5 Å². The van der Waals surface area contributed by atoms with E-state index in [1.807, 2.05) is 0 Å². The van der Waals surface area contributed by atoms with E-state index in [-0.39, 0.29) is 36.4 Å². The van der Waals surface area contributed by atoms with Crippen molar-refractivity contribution in [3.8, 4) is 0 Å². The highest BCUT2D eigenvalue weighted by atomic mass is 16.5. The summed E-state index contributed by atoms with van der Waals surface area (Å²) < 4.78 is 10.6. The number of amides is 3. The number of ether oxygens (including phenoxy) is 1. The van der Waals surface area contributed by atoms with E-state index in [4.69, 9.17) is 9.15 Å². The Kier molecular flexibility index (Phi) is 6.22. The molecule has 1 aliphatic heterocycles. The van der Waals surface area contributed by atoms with E-state index in [2.05, 4.69) is 16.0 Å². The smallest absolute Gasteiger partial charge is 0.313 e. The third-order valence-electron chi connectivity index (χ3n) is 4.14. The Hall–Kier alpha value is -3.13. The van der Waals surface area contributed by atoms with Crippen molar-refractivity contribution in [3.63, 3.8) is 0 Å². The topological polar surface area (TPSA) is 110 Å². The first kappa shape index (κ1) is 18.7. The van der Waals surface area contributed by atoms with Gasteiger partial charge in [-0.05, 0) is 37.1 Å². The molecule has 0 aliphatic carbocycles. The van der Waals surface area contributed by atoms with E-state index >= 15 is 0 Å². The van der Waals surface area contributed by atoms with Crippen LogP contribution in [0, 0.1) is 0 Å². The Morgan fingerprint density at radius 2 is 1.89 bits per heavy atom. The van der Waals surface area contributed by atoms with Crippen LogP contribution in [0.5, 0.6) is 0 Å². The lowest BCUT2D eigenvalue weighted by Crippen LogP contribution is -2.39. The maximum atomic E-state index is 12.4. The normalized spacial score (nSPS) is 15.9. The van der Waals surface area contributed by atoms with Crippen LogP contribution in [0.2, 0.25) is 0 Å². The van der Waals surface area contributed by atoms with Gasteiger partial charge in [-0.15, -0.1) is 0 Å². The number of carbonyl (C=O) groups is 3. The predicted octanol–water partition coefficient (Wildman–Crippen LogP) is 1.44. The first-order valence-corrected chi connectivity index (χ1v) is 8.74. The Labute approximate surface area is 156 Å². The highest BCUT2D eigenvalue weighted by Gasteiger charge is 2.21. The van der Waals surface area contributed by atoms with E-state index in [0.29, 0.717) is 12.4 Å². The molecule has 3 N–H and O–H groups in total. The molecule has 2 aromatic rings. The van der Waals surface area contributed by atoms with Crippen LogP contribution in [-0.4, -0.2) is 37.0 Å². The molecule has 1 aromatic carbocycles. The second-order valence-electron chi connectivity index (χ2n) is 6.11. The maximum absolute atomic E-state index is 12.4. The number of carbonyl (C=O) groups excluding carboxylic acids is 3. The summed E-state index contributed by atoms with van der Waals surface area (Å²) >= 11 is 0. The van der Waals surface area contributed by atoms with Crippen molar-refractivity contribution in [2.24, 2.45) is 0 Å². The number of rotatable bonds is 6. The lowest BCUT2D eigenvalue weighted by molar-refractivity contribution is -0.136. The van der Waals surface area contributed by atoms with Crippen molar-refractivity contribution >= 4 is 23.4 Å². The molecular weight excluding hydrogens is 350 g/mol. The van der Waals surface area contributed by atoms with Crippen LogP contribution in [0.4, 0.5) is 5.69 Å². The van der Waals surface area contributed by atoms with Crippen LogP contribution in [-0.2, 0) is 20.9 Å². The molecule has 1 atom stereocenters. The van der Waals surface area contributed by atoms with Crippen molar-refractivity contribution in [1.29, 1.82) is 0 Å². The molecular formula is C19H21N3O5. The van der Waals surface area contributed by atoms with Gasteiger partial charge in [0, 0.05) is 13.2 Å². The van der Waals surface area contributed by atoms with Gasteiger partial charge in [-0.25, -0.2) is 0 Å². The molecule has 0 spiro atoms. The molecule has 0 radical (unpaired) electrons. The summed E-state index contributed by atoms with van der Waals surface area (Å²) in [5.74, 6) is -1.38. The number of benzene rings is 1. The molecule has 1 fully saturated rings. The number of para-hydroxylation sites is 1. The fourth-order valence-corrected chi connectivity index (χ4v) is 2.74. The Balaban J connectivity index is 1.56. The van der Waals surface area contributed by atoms with Crippen molar-refractivity contribution in [1.82, 2.24) is 10.6 Å². The number of hydrogen-bond acceptors (Lipinski definition) is 5. The molecule has 0 saturated carbocycles. The SMILES string of the molecule is O=C(NC[C@@H]1CCCO1)C(=O)Nc1ccccc1C(=O)NCc1ccco1. The Morgan fingerprint density at radius 1 is 1.04 bits per heavy atom. The Bertz CT molecular complexity index is 797. The van der Waals surface area contributed by atoms with Crippen LogP contribution >= 0.6 is 0 Å². The molecule has 8 nitrogen and oxygen atoms in total. The van der Waals surface area contributed by atoms with Gasteiger partial charge < -0.3 is 25.1 Å². The average Bonchev–Trinajstić information content (AvgIpc) is 3.38. The number of nitrogens with one attached hydrogen (secondary N) is 3. The molecule has 8 heteroatoms. The lowest BCUT2D eigenvalue weighted by atomic mass is 10.1. The summed E-state index contributed by atoms with van der Waals surface area (Å²) in [6.07, 6.45) is 3.28. The summed E-state index contributed by atoms with van der Waals surface area (Å²) in [4.78, 5) is 36.5. The van der Waals surface area contributed by atoms with Gasteiger partial charge in [0.15, 0.2) is 0 Å². The molecule has 27 heavy (non-hydrogen) atoms. The van der Waals surface area contributed by atoms with Gasteiger partial charge in [-0.2, -0.15) is 0 Å². The molecule has 142 valence electrons. The molecule has 1 aromatic heterocycles. The van der Waals surface area contributed by atoms with Crippen molar-refractivity contribution in [2.45, 2.75) is 25.5 Å². The van der Waals surface area contributed by atoms with Gasteiger partial charge in [0.1, 0.15) is 5.76 Å². The summed E-state index contributed by atoms with van der Waals surface area (Å²) in [5, 5.41) is 7.74. The molecule has 1 aliphatic rings. The third-order valence-corrected chi connectivity index (χ3v) is 4.14. The Morgan fingerprint density at radius 3 is 2.63 bits per heavy atom. The van der Waals surface area contributed by atoms with E-state index in [1.54, 1.807) is 36.4 Å². The molecule has 2 heterocycles. The summed E-state index contributed by atoms with van der Waals surface area (Å²) in [6, 6.07) is 9.94. The second-order valence-corrected chi connectivity index (χ2v) is 6.11. The quantitative estimate of drug-likeness (QED) is 0.666. The van der Waals surface area contributed by atoms with Gasteiger partial charge >= 0.3 is 11.8 Å². The standard InChI is InChI=1S/C19H21N3O5/c23-17(20-11-13-5-3-9-26-13)15-7-1-2-8-16(15)22-19(25)18(24)21-12-14-6-4-10-27-14/h1-3,5,7-9,14H,4,6,10-12H2,(H,20,23)(H,21,24)(H,22,25)/t14-/m0/s1. The number of hydrogen-bond donors (Lipinski definition) is 3. The molecule has 3 rings (SSSR count). The van der Waals surface area contributed by atoms with Gasteiger partial charge in [0.25, 0.3) is 5.91 Å². The van der Waals surface area contributed by atoms with Gasteiger partial charge in [-0.3, -0.25) is 14.4 Å². The summed E-state index contributed by atoms with van der Waals surface area (Å²) in [5.41, 5.74) is 0.510. The first-order valence-electron chi connectivity index (χ1n) is 8.74. The minimum Gasteiger partial charge on any atom is -0.467 e. The van der Waals surface area contributed by atoms with Crippen LogP contribution in [0.15, 0.2) is 47.1 Å². The van der Waals surface area contributed by atoms with Gasteiger partial charge in [-0.1, -0.05) is 12.1 Å². The molecule has 0 unspecified atom stereocenters. The van der Waals surface area contributed by atoms with Crippen LogP contribution < -0.4 is 16.0 Å². The monoisotopic (exact) mass is 371 g/mol. The molecule has 1 saturated heterocycles. The van der Waals surface area contributed by atoms with E-state index in [9.17, 15) is 14.4 Å². The van der Waals surface area contributed by atoms with Crippen molar-refractivity contribution < 1.29 is 23.5 Å². The third kappa shape index (κ3) is 5.18. The highest BCUT2D eigenvalue weighted by Crippen LogP contribution is 2.15. The van der Waals surface area contributed by atoms with Crippen LogP contribution in [0.3, 0.4) is 0 Å². The zero-order chi connectivity index (χ0) is 19.1.